The van der Waals surface area contributed by atoms with E-state index < -0.39 is 11.7 Å². The average molecular weight is 303 g/mol. The van der Waals surface area contributed by atoms with E-state index >= 15 is 0 Å². The van der Waals surface area contributed by atoms with Crippen LogP contribution in [0.2, 0.25) is 0 Å². The fraction of sp³-hybridized carbons (Fsp3) is 0.714. The highest BCUT2D eigenvalue weighted by Gasteiger charge is 2.32. The average Bonchev–Trinajstić information content (AvgIpc) is 2.47. The number of nitrogens with one attached hydrogen (secondary N) is 1. The quantitative estimate of drug-likeness (QED) is 0.876. The van der Waals surface area contributed by atoms with E-state index in [1.165, 1.54) is 0 Å². The molecule has 1 unspecified atom stereocenters. The summed E-state index contributed by atoms with van der Waals surface area (Å²) in [5.41, 5.74) is -0.837. The van der Waals surface area contributed by atoms with Gasteiger partial charge in [-0.2, -0.15) is 13.2 Å². The first-order valence-corrected chi connectivity index (χ1v) is 7.21. The number of aromatic nitrogens is 2. The summed E-state index contributed by atoms with van der Waals surface area (Å²) in [6.07, 6.45) is 0.623. The van der Waals surface area contributed by atoms with Crippen molar-refractivity contribution in [2.24, 2.45) is 5.92 Å². The van der Waals surface area contributed by atoms with Crippen molar-refractivity contribution in [1.82, 2.24) is 15.3 Å². The van der Waals surface area contributed by atoms with Gasteiger partial charge < -0.3 is 10.4 Å². The Morgan fingerprint density at radius 2 is 1.86 bits per heavy atom. The van der Waals surface area contributed by atoms with Gasteiger partial charge in [-0.1, -0.05) is 0 Å². The number of rotatable bonds is 5. The normalized spacial score (nSPS) is 18.7. The lowest BCUT2D eigenvalue weighted by Crippen LogP contribution is -2.29. The van der Waals surface area contributed by atoms with Gasteiger partial charge in [0.25, 0.3) is 0 Å². The van der Waals surface area contributed by atoms with Crippen LogP contribution in [0.1, 0.15) is 43.0 Å². The summed E-state index contributed by atoms with van der Waals surface area (Å²) >= 11 is 0. The van der Waals surface area contributed by atoms with E-state index in [2.05, 4.69) is 15.3 Å². The smallest absolute Gasteiger partial charge is 0.396 e. The molecule has 1 fully saturated rings. The second kappa shape index (κ2) is 7.17. The molecule has 1 aromatic rings. The summed E-state index contributed by atoms with van der Waals surface area (Å²) < 4.78 is 37.5. The minimum absolute atomic E-state index is 0.0139. The Morgan fingerprint density at radius 1 is 1.24 bits per heavy atom. The van der Waals surface area contributed by atoms with Crippen molar-refractivity contribution < 1.29 is 18.3 Å². The van der Waals surface area contributed by atoms with Crippen LogP contribution in [0, 0.1) is 5.92 Å². The summed E-state index contributed by atoms with van der Waals surface area (Å²) in [4.78, 5) is 7.74. The van der Waals surface area contributed by atoms with E-state index in [9.17, 15) is 13.2 Å². The van der Waals surface area contributed by atoms with Crippen LogP contribution in [0.25, 0.3) is 0 Å². The van der Waals surface area contributed by atoms with Gasteiger partial charge in [-0.3, -0.25) is 0 Å². The number of alkyl halides is 3. The number of hydrogen-bond donors (Lipinski definition) is 2. The van der Waals surface area contributed by atoms with Crippen molar-refractivity contribution in [3.05, 3.63) is 23.8 Å². The van der Waals surface area contributed by atoms with Crippen molar-refractivity contribution in [2.45, 2.75) is 37.8 Å². The number of halogens is 3. The first-order chi connectivity index (χ1) is 10.0. The minimum atomic E-state index is -4.42. The van der Waals surface area contributed by atoms with Gasteiger partial charge in [-0.25, -0.2) is 9.97 Å². The molecule has 2 N–H and O–H groups in total. The maximum atomic E-state index is 12.5. The van der Waals surface area contributed by atoms with Gasteiger partial charge in [-0.05, 0) is 44.7 Å². The Balaban J connectivity index is 2.06. The minimum Gasteiger partial charge on any atom is -0.396 e. The van der Waals surface area contributed by atoms with E-state index in [4.69, 9.17) is 5.11 Å². The highest BCUT2D eigenvalue weighted by Crippen LogP contribution is 2.31. The molecule has 1 saturated heterocycles. The summed E-state index contributed by atoms with van der Waals surface area (Å²) in [6.45, 7) is 1.91. The zero-order chi connectivity index (χ0) is 15.3. The molecule has 1 aliphatic rings. The molecule has 1 aromatic heterocycles. The Hall–Kier alpha value is -1.21. The molecular formula is C14H20F3N3O. The van der Waals surface area contributed by atoms with Gasteiger partial charge in [-0.15, -0.1) is 0 Å². The van der Waals surface area contributed by atoms with Crippen LogP contribution in [0.4, 0.5) is 13.2 Å². The van der Waals surface area contributed by atoms with E-state index in [0.29, 0.717) is 18.2 Å². The lowest BCUT2D eigenvalue weighted by atomic mass is 9.86. The molecule has 2 heterocycles. The van der Waals surface area contributed by atoms with Gasteiger partial charge >= 0.3 is 6.18 Å². The molecule has 118 valence electrons. The van der Waals surface area contributed by atoms with Crippen LogP contribution >= 0.6 is 0 Å². The van der Waals surface area contributed by atoms with E-state index in [0.717, 1.165) is 44.7 Å². The molecule has 0 amide bonds. The summed E-state index contributed by atoms with van der Waals surface area (Å²) in [5, 5.41) is 12.4. The van der Waals surface area contributed by atoms with E-state index in [1.54, 1.807) is 0 Å². The first kappa shape index (κ1) is 16.2. The summed E-state index contributed by atoms with van der Waals surface area (Å²) in [6, 6.07) is 0. The second-order valence-corrected chi connectivity index (χ2v) is 5.47. The number of aliphatic hydroxyl groups excluding tert-OH is 1. The molecule has 0 bridgehead atoms. The van der Waals surface area contributed by atoms with Gasteiger partial charge in [0.2, 0.25) is 0 Å². The molecule has 4 nitrogen and oxygen atoms in total. The van der Waals surface area contributed by atoms with E-state index in [-0.39, 0.29) is 12.5 Å². The fourth-order valence-corrected chi connectivity index (χ4v) is 2.72. The Bertz CT molecular complexity index is 430. The molecule has 0 saturated carbocycles. The molecule has 0 aromatic carbocycles. The monoisotopic (exact) mass is 303 g/mol. The van der Waals surface area contributed by atoms with Crippen molar-refractivity contribution in [3.8, 4) is 0 Å². The maximum Gasteiger partial charge on any atom is 0.419 e. The van der Waals surface area contributed by atoms with Crippen LogP contribution < -0.4 is 5.32 Å². The molecule has 0 radical (unpaired) electrons. The number of hydrogen-bond acceptors (Lipinski definition) is 4. The molecule has 21 heavy (non-hydrogen) atoms. The predicted octanol–water partition coefficient (Wildman–Crippen LogP) is 2.35. The van der Waals surface area contributed by atoms with Crippen LogP contribution in [0.3, 0.4) is 0 Å². The topological polar surface area (TPSA) is 58.0 Å². The lowest BCUT2D eigenvalue weighted by molar-refractivity contribution is -0.138. The Morgan fingerprint density at radius 3 is 2.38 bits per heavy atom. The van der Waals surface area contributed by atoms with Crippen LogP contribution in [0.15, 0.2) is 12.4 Å². The molecular weight excluding hydrogens is 283 g/mol. The largest absolute Gasteiger partial charge is 0.419 e. The van der Waals surface area contributed by atoms with Crippen molar-refractivity contribution >= 4 is 0 Å². The van der Waals surface area contributed by atoms with Gasteiger partial charge in [0.05, 0.1) is 5.56 Å². The number of piperidine rings is 1. The molecule has 1 aliphatic heterocycles. The third-order valence-electron chi connectivity index (χ3n) is 3.92. The molecule has 7 heteroatoms. The Labute approximate surface area is 121 Å². The molecule has 0 spiro atoms. The van der Waals surface area contributed by atoms with Crippen LogP contribution in [-0.4, -0.2) is 34.8 Å². The molecule has 0 aliphatic carbocycles. The van der Waals surface area contributed by atoms with Crippen LogP contribution in [-0.2, 0) is 6.18 Å². The van der Waals surface area contributed by atoms with Gasteiger partial charge in [0, 0.05) is 24.9 Å². The van der Waals surface area contributed by atoms with Crippen molar-refractivity contribution in [2.75, 3.05) is 19.7 Å². The zero-order valence-electron chi connectivity index (χ0n) is 11.7. The Kier molecular flexibility index (Phi) is 5.52. The summed E-state index contributed by atoms with van der Waals surface area (Å²) in [7, 11) is 0. The predicted molar refractivity (Wildman–Crippen MR) is 71.7 cm³/mol. The molecule has 2 rings (SSSR count). The van der Waals surface area contributed by atoms with E-state index in [1.807, 2.05) is 0 Å². The number of nitrogens with zero attached hydrogens (tertiary/aromatic N) is 2. The first-order valence-electron chi connectivity index (χ1n) is 7.21. The molecule has 1 atom stereocenters. The van der Waals surface area contributed by atoms with Crippen molar-refractivity contribution in [1.29, 1.82) is 0 Å². The van der Waals surface area contributed by atoms with Crippen LogP contribution in [0.5, 0.6) is 0 Å². The highest BCUT2D eigenvalue weighted by atomic mass is 19.4. The number of aliphatic hydroxyl groups is 1. The SMILES string of the molecule is OCCC(CC1CCNCC1)c1ncc(C(F)(F)F)cn1. The third-order valence-corrected chi connectivity index (χ3v) is 3.92. The van der Waals surface area contributed by atoms with Crippen molar-refractivity contribution in [3.63, 3.8) is 0 Å². The lowest BCUT2D eigenvalue weighted by Gasteiger charge is -2.26. The zero-order valence-corrected chi connectivity index (χ0v) is 11.7. The maximum absolute atomic E-state index is 12.5. The fourth-order valence-electron chi connectivity index (χ4n) is 2.72. The summed E-state index contributed by atoms with van der Waals surface area (Å²) in [5.74, 6) is 0.824. The standard InChI is InChI=1S/C14H20F3N3O/c15-14(16,17)12-8-19-13(20-9-12)11(3-6-21)7-10-1-4-18-5-2-10/h8-11,18,21H,1-7H2. The second-order valence-electron chi connectivity index (χ2n) is 5.47. The highest BCUT2D eigenvalue weighted by molar-refractivity contribution is 5.11. The third kappa shape index (κ3) is 4.64. The van der Waals surface area contributed by atoms with Gasteiger partial charge in [0.1, 0.15) is 5.82 Å². The van der Waals surface area contributed by atoms with Gasteiger partial charge in [0.15, 0.2) is 0 Å².